The summed E-state index contributed by atoms with van der Waals surface area (Å²) in [5.74, 6) is -0.422. The van der Waals surface area contributed by atoms with Crippen LogP contribution in [0.3, 0.4) is 0 Å². The molecule has 0 aromatic carbocycles. The number of rotatable bonds is 2. The molecule has 1 amide bonds. The van der Waals surface area contributed by atoms with Crippen molar-refractivity contribution in [3.8, 4) is 0 Å². The van der Waals surface area contributed by atoms with E-state index in [2.05, 4.69) is 5.32 Å². The summed E-state index contributed by atoms with van der Waals surface area (Å²) < 4.78 is 12.4. The summed E-state index contributed by atoms with van der Waals surface area (Å²) in [5.41, 5.74) is 0. The number of amides is 1. The van der Waals surface area contributed by atoms with Gasteiger partial charge in [-0.1, -0.05) is 0 Å². The highest BCUT2D eigenvalue weighted by molar-refractivity contribution is 5.73. The minimum atomic E-state index is -1.32. The van der Waals surface area contributed by atoms with Crippen molar-refractivity contribution in [3.05, 3.63) is 0 Å². The molecule has 6 nitrogen and oxygen atoms in total. The molecule has 82 valence electrons. The van der Waals surface area contributed by atoms with Crippen LogP contribution < -0.4 is 5.32 Å². The van der Waals surface area contributed by atoms with Crippen molar-refractivity contribution < 1.29 is 26.2 Å². The van der Waals surface area contributed by atoms with Crippen molar-refractivity contribution >= 4 is 5.91 Å². The fraction of sp³-hybridized carbons (Fsp3) is 0.875. The minimum Gasteiger partial charge on any atom is -0.394 e. The fourth-order valence-corrected chi connectivity index (χ4v) is 1.28. The van der Waals surface area contributed by atoms with Crippen molar-refractivity contribution in [1.82, 2.24) is 5.32 Å². The summed E-state index contributed by atoms with van der Waals surface area (Å²) >= 11 is 0. The summed E-state index contributed by atoms with van der Waals surface area (Å²) in [7, 11) is 0. The van der Waals surface area contributed by atoms with E-state index in [-0.39, 0.29) is 0 Å². The number of carbonyl (C=O) groups excluding carboxylic acids is 1. The Balaban J connectivity index is 2.70. The third-order valence-electron chi connectivity index (χ3n) is 2.05. The highest BCUT2D eigenvalue weighted by Crippen LogP contribution is 2.14. The van der Waals surface area contributed by atoms with Crippen molar-refractivity contribution in [2.24, 2.45) is 0 Å². The van der Waals surface area contributed by atoms with Crippen molar-refractivity contribution in [2.45, 2.75) is 31.3 Å². The normalized spacial score (nSPS) is 44.3. The van der Waals surface area contributed by atoms with Gasteiger partial charge in [0.05, 0.1) is 20.6 Å². The SMILES string of the molecule is [2H]C1O[C@H](CO)[C@@H](O)[C@H](O)[C@H]1NC(C)=O. The van der Waals surface area contributed by atoms with Crippen LogP contribution in [0.1, 0.15) is 8.29 Å². The number of carbonyl (C=O) groups is 1. The number of hydrogen-bond acceptors (Lipinski definition) is 5. The van der Waals surface area contributed by atoms with E-state index in [0.717, 1.165) is 0 Å². The van der Waals surface area contributed by atoms with Gasteiger partial charge in [0, 0.05) is 6.92 Å². The molecule has 0 aromatic rings. The number of hydrogen-bond donors (Lipinski definition) is 4. The summed E-state index contributed by atoms with van der Waals surface area (Å²) in [6.07, 6.45) is -3.62. The van der Waals surface area contributed by atoms with Gasteiger partial charge in [0.2, 0.25) is 5.91 Å². The zero-order valence-electron chi connectivity index (χ0n) is 8.75. The molecule has 0 radical (unpaired) electrons. The summed E-state index contributed by atoms with van der Waals surface area (Å²) in [6, 6.07) is -0.986. The highest BCUT2D eigenvalue weighted by atomic mass is 16.5. The van der Waals surface area contributed by atoms with Gasteiger partial charge in [0.25, 0.3) is 0 Å². The third-order valence-corrected chi connectivity index (χ3v) is 2.05. The van der Waals surface area contributed by atoms with Gasteiger partial charge < -0.3 is 25.4 Å². The van der Waals surface area contributed by atoms with Gasteiger partial charge in [-0.2, -0.15) is 0 Å². The Kier molecular flexibility index (Phi) is 3.30. The molecule has 0 aliphatic carbocycles. The Morgan fingerprint density at radius 1 is 1.64 bits per heavy atom. The van der Waals surface area contributed by atoms with E-state index in [9.17, 15) is 15.0 Å². The van der Waals surface area contributed by atoms with Crippen LogP contribution in [0, 0.1) is 0 Å². The Morgan fingerprint density at radius 3 is 2.79 bits per heavy atom. The van der Waals surface area contributed by atoms with Gasteiger partial charge in [-0.3, -0.25) is 4.79 Å². The molecule has 1 aliphatic heterocycles. The van der Waals surface area contributed by atoms with Gasteiger partial charge in [0.1, 0.15) is 18.3 Å². The molecular formula is C8H15NO5. The molecule has 6 heteroatoms. The molecule has 0 aromatic heterocycles. The minimum absolute atomic E-state index is 0.422. The number of ether oxygens (including phenoxy) is 1. The lowest BCUT2D eigenvalue weighted by molar-refractivity contribution is -0.164. The number of aliphatic hydroxyl groups excluding tert-OH is 3. The molecule has 1 saturated heterocycles. The van der Waals surface area contributed by atoms with Gasteiger partial charge in [0.15, 0.2) is 0 Å². The molecule has 1 unspecified atom stereocenters. The monoisotopic (exact) mass is 206 g/mol. The summed E-state index contributed by atoms with van der Waals surface area (Å²) in [5, 5.41) is 30.2. The highest BCUT2D eigenvalue weighted by Gasteiger charge is 2.38. The van der Waals surface area contributed by atoms with Gasteiger partial charge >= 0.3 is 0 Å². The first kappa shape index (κ1) is 9.85. The molecule has 5 atom stereocenters. The Bertz CT molecular complexity index is 239. The average molecular weight is 206 g/mol. The van der Waals surface area contributed by atoms with Crippen LogP contribution in [-0.4, -0.2) is 58.8 Å². The van der Waals surface area contributed by atoms with Crippen LogP contribution in [-0.2, 0) is 9.53 Å². The first-order valence-electron chi connectivity index (χ1n) is 4.87. The largest absolute Gasteiger partial charge is 0.394 e. The maximum atomic E-state index is 10.8. The van der Waals surface area contributed by atoms with Gasteiger partial charge in [-0.05, 0) is 0 Å². The lowest BCUT2D eigenvalue weighted by atomic mass is 9.98. The van der Waals surface area contributed by atoms with Crippen LogP contribution in [0.2, 0.25) is 0 Å². The molecule has 0 spiro atoms. The van der Waals surface area contributed by atoms with E-state index >= 15 is 0 Å². The quantitative estimate of drug-likeness (QED) is 0.404. The lowest BCUT2D eigenvalue weighted by Gasteiger charge is -2.36. The Hall–Kier alpha value is -0.690. The van der Waals surface area contributed by atoms with E-state index in [4.69, 9.17) is 11.2 Å². The number of aliphatic hydroxyl groups is 3. The standard InChI is InChI=1S/C8H15NO5/c1-4(11)9-5-3-14-6(2-10)8(13)7(5)12/h5-8,10,12-13H,2-3H2,1H3,(H,9,11)/t5-,6+,7+,8+/m0/s1/i3D/t3?,5-,6+,7+,8+. The maximum Gasteiger partial charge on any atom is 0.217 e. The van der Waals surface area contributed by atoms with Crippen molar-refractivity contribution in [2.75, 3.05) is 13.2 Å². The molecule has 1 rings (SSSR count). The molecule has 4 N–H and O–H groups in total. The second-order valence-corrected chi connectivity index (χ2v) is 3.20. The van der Waals surface area contributed by atoms with Crippen LogP contribution in [0.5, 0.6) is 0 Å². The lowest BCUT2D eigenvalue weighted by Crippen LogP contribution is -2.59. The Labute approximate surface area is 82.9 Å². The van der Waals surface area contributed by atoms with Crippen LogP contribution in [0.4, 0.5) is 0 Å². The van der Waals surface area contributed by atoms with E-state index in [0.29, 0.717) is 0 Å². The van der Waals surface area contributed by atoms with Gasteiger partial charge in [-0.25, -0.2) is 0 Å². The van der Waals surface area contributed by atoms with Crippen LogP contribution in [0.15, 0.2) is 0 Å². The zero-order chi connectivity index (χ0) is 11.6. The molecule has 14 heavy (non-hydrogen) atoms. The van der Waals surface area contributed by atoms with Crippen LogP contribution >= 0.6 is 0 Å². The van der Waals surface area contributed by atoms with Crippen molar-refractivity contribution in [3.63, 3.8) is 0 Å². The topological polar surface area (TPSA) is 99.0 Å². The molecular weight excluding hydrogens is 190 g/mol. The molecule has 0 bridgehead atoms. The first-order chi connectivity index (χ1) is 6.97. The molecule has 1 fully saturated rings. The predicted molar refractivity (Wildman–Crippen MR) is 46.4 cm³/mol. The van der Waals surface area contributed by atoms with E-state index < -0.39 is 43.5 Å². The molecule has 1 heterocycles. The zero-order valence-corrected chi connectivity index (χ0v) is 7.75. The number of nitrogens with one attached hydrogen (secondary N) is 1. The van der Waals surface area contributed by atoms with E-state index in [1.165, 1.54) is 6.92 Å². The predicted octanol–water partition coefficient (Wildman–Crippen LogP) is -2.40. The molecule has 1 aliphatic rings. The third kappa shape index (κ3) is 2.42. The maximum absolute atomic E-state index is 10.8. The summed E-state index contributed by atoms with van der Waals surface area (Å²) in [6.45, 7) is -0.450. The second-order valence-electron chi connectivity index (χ2n) is 3.20. The van der Waals surface area contributed by atoms with E-state index in [1.54, 1.807) is 0 Å². The smallest absolute Gasteiger partial charge is 0.217 e. The van der Waals surface area contributed by atoms with Gasteiger partial charge in [-0.15, -0.1) is 0 Å². The average Bonchev–Trinajstić information content (AvgIpc) is 2.18. The Morgan fingerprint density at radius 2 is 2.29 bits per heavy atom. The fourth-order valence-electron chi connectivity index (χ4n) is 1.28. The first-order valence-corrected chi connectivity index (χ1v) is 4.29. The molecule has 0 saturated carbocycles. The van der Waals surface area contributed by atoms with E-state index in [1.807, 2.05) is 0 Å². The van der Waals surface area contributed by atoms with Crippen LogP contribution in [0.25, 0.3) is 0 Å². The van der Waals surface area contributed by atoms with Crippen molar-refractivity contribution in [1.29, 1.82) is 0 Å². The summed E-state index contributed by atoms with van der Waals surface area (Å²) in [4.78, 5) is 10.8. The second kappa shape index (κ2) is 4.70.